The van der Waals surface area contributed by atoms with Gasteiger partial charge in [0.25, 0.3) is 0 Å². The molecule has 5 nitrogen and oxygen atoms in total. The second-order valence-electron chi connectivity index (χ2n) is 7.75. The summed E-state index contributed by atoms with van der Waals surface area (Å²) < 4.78 is 7.82. The molecule has 0 radical (unpaired) electrons. The molecule has 1 saturated carbocycles. The Morgan fingerprint density at radius 2 is 1.97 bits per heavy atom. The zero-order valence-corrected chi connectivity index (χ0v) is 16.1. The molecule has 0 saturated heterocycles. The molecule has 0 unspecified atom stereocenters. The molecule has 5 heteroatoms. The highest BCUT2D eigenvalue weighted by Gasteiger charge is 2.30. The van der Waals surface area contributed by atoms with Gasteiger partial charge in [0.2, 0.25) is 0 Å². The van der Waals surface area contributed by atoms with Gasteiger partial charge in [0.05, 0.1) is 35.1 Å². The van der Waals surface area contributed by atoms with Gasteiger partial charge in [0, 0.05) is 11.8 Å². The number of aromatic nitrogens is 3. The Balaban J connectivity index is 1.62. The molecule has 0 bridgehead atoms. The zero-order chi connectivity index (χ0) is 19.4. The molecule has 1 aliphatic carbocycles. The fourth-order valence-corrected chi connectivity index (χ4v) is 4.21. The molecule has 142 valence electrons. The van der Waals surface area contributed by atoms with Crippen molar-refractivity contribution in [2.24, 2.45) is 4.99 Å². The van der Waals surface area contributed by atoms with Crippen LogP contribution in [0.1, 0.15) is 54.2 Å². The second kappa shape index (κ2) is 6.27. The lowest BCUT2D eigenvalue weighted by atomic mass is 9.99. The fraction of sp³-hybridized carbons (Fsp3) is 0.208. The highest BCUT2D eigenvalue weighted by atomic mass is 16.3. The van der Waals surface area contributed by atoms with E-state index in [1.54, 1.807) is 6.26 Å². The Bertz CT molecular complexity index is 1220. The van der Waals surface area contributed by atoms with E-state index in [0.717, 1.165) is 39.8 Å². The molecule has 1 atom stereocenters. The van der Waals surface area contributed by atoms with Crippen molar-refractivity contribution in [1.82, 2.24) is 14.5 Å². The van der Waals surface area contributed by atoms with Crippen LogP contribution < -0.4 is 0 Å². The molecule has 0 N–H and O–H groups in total. The van der Waals surface area contributed by atoms with E-state index in [-0.39, 0.29) is 6.04 Å². The van der Waals surface area contributed by atoms with Crippen LogP contribution in [0.15, 0.2) is 76.7 Å². The summed E-state index contributed by atoms with van der Waals surface area (Å²) in [7, 11) is 0. The minimum Gasteiger partial charge on any atom is -0.463 e. The molecule has 4 heterocycles. The van der Waals surface area contributed by atoms with Crippen LogP contribution in [0.5, 0.6) is 0 Å². The first-order chi connectivity index (χ1) is 14.3. The van der Waals surface area contributed by atoms with Gasteiger partial charge < -0.3 is 4.42 Å². The van der Waals surface area contributed by atoms with Crippen molar-refractivity contribution in [2.45, 2.75) is 31.7 Å². The maximum atomic E-state index is 5.65. The van der Waals surface area contributed by atoms with Crippen molar-refractivity contribution in [3.63, 3.8) is 0 Å². The molecule has 0 spiro atoms. The van der Waals surface area contributed by atoms with E-state index in [4.69, 9.17) is 9.41 Å². The average Bonchev–Trinajstić information content (AvgIpc) is 3.31. The Hall–Kier alpha value is -3.47. The number of furan rings is 1. The van der Waals surface area contributed by atoms with Gasteiger partial charge >= 0.3 is 0 Å². The topological polar surface area (TPSA) is 56.2 Å². The van der Waals surface area contributed by atoms with E-state index in [1.165, 1.54) is 18.4 Å². The SMILES string of the molecule is C[C@@H]1N=C(c2ccccn2)c2cc(C3CC3)ccc2-n2cnc(-c3ccco3)c21. The lowest BCUT2D eigenvalue weighted by Crippen LogP contribution is -2.09. The van der Waals surface area contributed by atoms with E-state index in [9.17, 15) is 0 Å². The Kier molecular flexibility index (Phi) is 3.57. The number of aliphatic imine (C=N–C) groups is 1. The third kappa shape index (κ3) is 2.65. The van der Waals surface area contributed by atoms with Crippen molar-refractivity contribution >= 4 is 5.71 Å². The van der Waals surface area contributed by atoms with Gasteiger partial charge in [-0.05, 0) is 67.6 Å². The summed E-state index contributed by atoms with van der Waals surface area (Å²) in [5.41, 5.74) is 7.29. The molecule has 29 heavy (non-hydrogen) atoms. The fourth-order valence-electron chi connectivity index (χ4n) is 4.21. The van der Waals surface area contributed by atoms with Crippen LogP contribution in [0.3, 0.4) is 0 Å². The molecule has 1 aromatic carbocycles. The van der Waals surface area contributed by atoms with Gasteiger partial charge in [-0.25, -0.2) is 4.98 Å². The van der Waals surface area contributed by atoms with Crippen LogP contribution in [-0.2, 0) is 0 Å². The Morgan fingerprint density at radius 1 is 1.03 bits per heavy atom. The summed E-state index contributed by atoms with van der Waals surface area (Å²) in [6, 6.07) is 16.5. The average molecular weight is 380 g/mol. The quantitative estimate of drug-likeness (QED) is 0.483. The third-order valence-electron chi connectivity index (χ3n) is 5.77. The summed E-state index contributed by atoms with van der Waals surface area (Å²) >= 11 is 0. The molecule has 2 aliphatic rings. The molecule has 1 fully saturated rings. The van der Waals surface area contributed by atoms with Gasteiger partial charge in [-0.1, -0.05) is 12.1 Å². The number of pyridine rings is 1. The summed E-state index contributed by atoms with van der Waals surface area (Å²) in [5.74, 6) is 1.44. The Labute approximate surface area is 168 Å². The van der Waals surface area contributed by atoms with Crippen molar-refractivity contribution < 1.29 is 4.42 Å². The monoisotopic (exact) mass is 380 g/mol. The third-order valence-corrected chi connectivity index (χ3v) is 5.77. The van der Waals surface area contributed by atoms with Crippen molar-refractivity contribution in [2.75, 3.05) is 0 Å². The van der Waals surface area contributed by atoms with Gasteiger partial charge in [-0.15, -0.1) is 0 Å². The van der Waals surface area contributed by atoms with E-state index >= 15 is 0 Å². The number of benzene rings is 1. The predicted octanol–water partition coefficient (Wildman–Crippen LogP) is 5.32. The minimum atomic E-state index is -0.0913. The number of imidazole rings is 1. The van der Waals surface area contributed by atoms with Crippen molar-refractivity contribution in [3.8, 4) is 17.1 Å². The van der Waals surface area contributed by atoms with E-state index in [0.29, 0.717) is 5.92 Å². The van der Waals surface area contributed by atoms with Crippen LogP contribution in [0.4, 0.5) is 0 Å². The first kappa shape index (κ1) is 16.5. The molecule has 4 aromatic rings. The number of rotatable bonds is 3. The van der Waals surface area contributed by atoms with E-state index < -0.39 is 0 Å². The van der Waals surface area contributed by atoms with Crippen LogP contribution >= 0.6 is 0 Å². The smallest absolute Gasteiger partial charge is 0.154 e. The lowest BCUT2D eigenvalue weighted by Gasteiger charge is -2.13. The highest BCUT2D eigenvalue weighted by Crippen LogP contribution is 2.42. The maximum Gasteiger partial charge on any atom is 0.154 e. The summed E-state index contributed by atoms with van der Waals surface area (Å²) in [4.78, 5) is 14.4. The largest absolute Gasteiger partial charge is 0.463 e. The molecular weight excluding hydrogens is 360 g/mol. The number of hydrogen-bond acceptors (Lipinski definition) is 4. The van der Waals surface area contributed by atoms with Crippen LogP contribution in [0.25, 0.3) is 17.1 Å². The predicted molar refractivity (Wildman–Crippen MR) is 112 cm³/mol. The molecular formula is C24H20N4O. The van der Waals surface area contributed by atoms with Crippen molar-refractivity contribution in [3.05, 3.63) is 89.8 Å². The van der Waals surface area contributed by atoms with Crippen LogP contribution in [-0.4, -0.2) is 20.2 Å². The molecule has 3 aromatic heterocycles. The lowest BCUT2D eigenvalue weighted by molar-refractivity contribution is 0.578. The summed E-state index contributed by atoms with van der Waals surface area (Å²) in [6.07, 6.45) is 7.93. The molecule has 0 amide bonds. The zero-order valence-electron chi connectivity index (χ0n) is 16.1. The van der Waals surface area contributed by atoms with E-state index in [2.05, 4.69) is 39.7 Å². The van der Waals surface area contributed by atoms with Crippen LogP contribution in [0.2, 0.25) is 0 Å². The molecule has 6 rings (SSSR count). The van der Waals surface area contributed by atoms with Gasteiger partial charge in [-0.3, -0.25) is 14.5 Å². The normalized spacial score (nSPS) is 18.0. The van der Waals surface area contributed by atoms with Gasteiger partial charge in [0.15, 0.2) is 5.76 Å². The number of nitrogens with zero attached hydrogens (tertiary/aromatic N) is 4. The maximum absolute atomic E-state index is 5.65. The first-order valence-corrected chi connectivity index (χ1v) is 10.0. The van der Waals surface area contributed by atoms with Gasteiger partial charge in [-0.2, -0.15) is 0 Å². The second-order valence-corrected chi connectivity index (χ2v) is 7.75. The first-order valence-electron chi connectivity index (χ1n) is 10.0. The number of fused-ring (bicyclic) bond motifs is 3. The minimum absolute atomic E-state index is 0.0913. The number of hydrogen-bond donors (Lipinski definition) is 0. The highest BCUT2D eigenvalue weighted by molar-refractivity contribution is 6.14. The van der Waals surface area contributed by atoms with Crippen LogP contribution in [0, 0.1) is 0 Å². The summed E-state index contributed by atoms with van der Waals surface area (Å²) in [5, 5.41) is 0. The summed E-state index contributed by atoms with van der Waals surface area (Å²) in [6.45, 7) is 2.11. The standard InChI is InChI=1S/C24H20N4O/c1-15-24-23(21-6-4-12-29-21)26-14-28(24)20-10-9-17(16-7-8-16)13-18(20)22(27-15)19-5-2-3-11-25-19/h2-6,9-16H,7-8H2,1H3/t15-/m0/s1. The van der Waals surface area contributed by atoms with Crippen molar-refractivity contribution in [1.29, 1.82) is 0 Å². The Morgan fingerprint density at radius 3 is 2.72 bits per heavy atom. The van der Waals surface area contributed by atoms with Gasteiger partial charge in [0.1, 0.15) is 12.0 Å². The molecule has 1 aliphatic heterocycles. The van der Waals surface area contributed by atoms with E-state index in [1.807, 2.05) is 42.9 Å².